The van der Waals surface area contributed by atoms with Gasteiger partial charge in [0.1, 0.15) is 0 Å². The van der Waals surface area contributed by atoms with Crippen LogP contribution in [0.5, 0.6) is 0 Å². The van der Waals surface area contributed by atoms with Gasteiger partial charge in [0.15, 0.2) is 0 Å². The van der Waals surface area contributed by atoms with Gasteiger partial charge >= 0.3 is 0 Å². The van der Waals surface area contributed by atoms with Crippen LogP contribution in [-0.2, 0) is 6.42 Å². The van der Waals surface area contributed by atoms with Gasteiger partial charge in [-0.15, -0.1) is 0 Å². The zero-order valence-electron chi connectivity index (χ0n) is 15.1. The van der Waals surface area contributed by atoms with E-state index in [1.807, 2.05) is 49.4 Å². The second-order valence-corrected chi connectivity index (χ2v) is 6.74. The van der Waals surface area contributed by atoms with E-state index in [2.05, 4.69) is 20.4 Å². The van der Waals surface area contributed by atoms with Crippen LogP contribution in [0.4, 0.5) is 0 Å². The molecule has 0 radical (unpaired) electrons. The number of fused-ring (bicyclic) bond motifs is 1. The number of para-hydroxylation sites is 1. The van der Waals surface area contributed by atoms with Crippen molar-refractivity contribution in [2.24, 2.45) is 0 Å². The topological polar surface area (TPSA) is 80.9 Å². The lowest BCUT2D eigenvalue weighted by Gasteiger charge is -2.09. The van der Waals surface area contributed by atoms with Crippen molar-refractivity contribution in [1.82, 2.24) is 20.4 Å². The molecule has 2 aromatic heterocycles. The lowest BCUT2D eigenvalue weighted by atomic mass is 10.1. The molecule has 0 spiro atoms. The van der Waals surface area contributed by atoms with Crippen LogP contribution >= 0.6 is 11.6 Å². The highest BCUT2D eigenvalue weighted by Crippen LogP contribution is 2.25. The molecule has 7 heteroatoms. The van der Waals surface area contributed by atoms with Crippen LogP contribution in [0.15, 0.2) is 59.1 Å². The molecule has 1 N–H and O–H groups in total. The molecule has 4 rings (SSSR count). The number of nitrogens with zero attached hydrogens (tertiary/aromatic N) is 3. The Morgan fingerprint density at radius 2 is 1.93 bits per heavy atom. The smallest absolute Gasteiger partial charge is 0.252 e. The fraction of sp³-hybridized carbons (Fsp3) is 0.143. The molecule has 0 saturated carbocycles. The molecule has 0 aliphatic rings. The number of carbonyl (C=O) groups is 1. The zero-order valence-corrected chi connectivity index (χ0v) is 15.9. The molecule has 0 atom stereocenters. The van der Waals surface area contributed by atoms with Crippen molar-refractivity contribution >= 4 is 28.4 Å². The number of hydrogen-bond donors (Lipinski definition) is 1. The van der Waals surface area contributed by atoms with Gasteiger partial charge in [0.25, 0.3) is 5.91 Å². The van der Waals surface area contributed by atoms with Crippen LogP contribution in [-0.4, -0.2) is 27.6 Å². The van der Waals surface area contributed by atoms with Gasteiger partial charge in [-0.05, 0) is 19.1 Å². The molecule has 4 aromatic rings. The van der Waals surface area contributed by atoms with Gasteiger partial charge in [-0.3, -0.25) is 9.78 Å². The molecule has 0 aliphatic carbocycles. The van der Waals surface area contributed by atoms with E-state index in [1.165, 1.54) is 0 Å². The monoisotopic (exact) mass is 392 g/mol. The third-order valence-corrected chi connectivity index (χ3v) is 4.59. The Hall–Kier alpha value is -3.25. The number of nitrogens with one attached hydrogen (secondary N) is 1. The molecule has 0 unspecified atom stereocenters. The summed E-state index contributed by atoms with van der Waals surface area (Å²) in [6.07, 6.45) is 0.439. The Balaban J connectivity index is 1.45. The number of aromatic nitrogens is 3. The van der Waals surface area contributed by atoms with Gasteiger partial charge in [0.2, 0.25) is 11.7 Å². The summed E-state index contributed by atoms with van der Waals surface area (Å²) in [5.74, 6) is 0.811. The van der Waals surface area contributed by atoms with Crippen LogP contribution in [0.2, 0.25) is 5.02 Å². The van der Waals surface area contributed by atoms with Gasteiger partial charge in [0, 0.05) is 29.6 Å². The summed E-state index contributed by atoms with van der Waals surface area (Å²) in [5, 5.41) is 8.13. The number of benzene rings is 2. The molecule has 0 aliphatic heterocycles. The third kappa shape index (κ3) is 3.73. The summed E-state index contributed by atoms with van der Waals surface area (Å²) < 4.78 is 5.27. The fourth-order valence-corrected chi connectivity index (χ4v) is 3.19. The summed E-state index contributed by atoms with van der Waals surface area (Å²) in [5.41, 5.74) is 2.78. The second kappa shape index (κ2) is 7.78. The number of halogens is 1. The summed E-state index contributed by atoms with van der Waals surface area (Å²) in [4.78, 5) is 21.5. The Morgan fingerprint density at radius 3 is 2.75 bits per heavy atom. The van der Waals surface area contributed by atoms with E-state index >= 15 is 0 Å². The normalized spacial score (nSPS) is 10.9. The van der Waals surface area contributed by atoms with Crippen molar-refractivity contribution in [2.75, 3.05) is 6.54 Å². The Labute approximate surface area is 166 Å². The van der Waals surface area contributed by atoms with Gasteiger partial charge in [-0.2, -0.15) is 4.98 Å². The summed E-state index contributed by atoms with van der Waals surface area (Å²) in [7, 11) is 0. The van der Waals surface area contributed by atoms with E-state index in [9.17, 15) is 4.79 Å². The molecule has 0 fully saturated rings. The van der Waals surface area contributed by atoms with Crippen LogP contribution < -0.4 is 5.32 Å². The molecular weight excluding hydrogens is 376 g/mol. The summed E-state index contributed by atoms with van der Waals surface area (Å²) >= 11 is 6.22. The van der Waals surface area contributed by atoms with E-state index in [0.717, 1.165) is 16.6 Å². The molecule has 2 heterocycles. The molecule has 0 bridgehead atoms. The number of pyridine rings is 1. The Kier molecular flexibility index (Phi) is 5.04. The van der Waals surface area contributed by atoms with Crippen molar-refractivity contribution in [3.8, 4) is 11.4 Å². The summed E-state index contributed by atoms with van der Waals surface area (Å²) in [6, 6.07) is 16.8. The predicted molar refractivity (Wildman–Crippen MR) is 107 cm³/mol. The molecule has 1 amide bonds. The van der Waals surface area contributed by atoms with E-state index in [4.69, 9.17) is 16.1 Å². The number of aryl methyl sites for hydroxylation is 1. The van der Waals surface area contributed by atoms with E-state index in [0.29, 0.717) is 40.8 Å². The molecule has 140 valence electrons. The largest absolute Gasteiger partial charge is 0.351 e. The minimum Gasteiger partial charge on any atom is -0.351 e. The predicted octanol–water partition coefficient (Wildman–Crippen LogP) is 4.22. The van der Waals surface area contributed by atoms with Crippen molar-refractivity contribution in [3.05, 3.63) is 76.8 Å². The van der Waals surface area contributed by atoms with Crippen LogP contribution in [0, 0.1) is 6.92 Å². The van der Waals surface area contributed by atoms with E-state index in [-0.39, 0.29) is 5.91 Å². The van der Waals surface area contributed by atoms with E-state index < -0.39 is 0 Å². The number of rotatable bonds is 5. The lowest BCUT2D eigenvalue weighted by molar-refractivity contribution is 0.0955. The number of amides is 1. The number of carbonyl (C=O) groups excluding carboxylic acids is 1. The first-order valence-electron chi connectivity index (χ1n) is 8.84. The number of hydrogen-bond acceptors (Lipinski definition) is 5. The maximum atomic E-state index is 12.7. The van der Waals surface area contributed by atoms with Crippen LogP contribution in [0.3, 0.4) is 0 Å². The van der Waals surface area contributed by atoms with Gasteiger partial charge < -0.3 is 9.84 Å². The quantitative estimate of drug-likeness (QED) is 0.550. The average molecular weight is 393 g/mol. The molecular formula is C21H17ClN4O2. The minimum atomic E-state index is -0.194. The first-order chi connectivity index (χ1) is 13.6. The lowest BCUT2D eigenvalue weighted by Crippen LogP contribution is -2.26. The summed E-state index contributed by atoms with van der Waals surface area (Å²) in [6.45, 7) is 2.21. The van der Waals surface area contributed by atoms with Crippen molar-refractivity contribution in [2.45, 2.75) is 13.3 Å². The fourth-order valence-electron chi connectivity index (χ4n) is 2.97. The molecule has 28 heavy (non-hydrogen) atoms. The average Bonchev–Trinajstić information content (AvgIpc) is 3.18. The van der Waals surface area contributed by atoms with Crippen LogP contribution in [0.1, 0.15) is 21.9 Å². The highest BCUT2D eigenvalue weighted by Gasteiger charge is 2.14. The SMILES string of the molecule is Cc1cc(C(=O)NCCc2nc(-c3ccccc3)no2)c2cccc(Cl)c2n1. The first-order valence-corrected chi connectivity index (χ1v) is 9.21. The zero-order chi connectivity index (χ0) is 19.5. The van der Waals surface area contributed by atoms with Gasteiger partial charge in [0.05, 0.1) is 16.1 Å². The Bertz CT molecular complexity index is 1140. The maximum absolute atomic E-state index is 12.7. The molecule has 2 aromatic carbocycles. The highest BCUT2D eigenvalue weighted by atomic mass is 35.5. The van der Waals surface area contributed by atoms with Gasteiger partial charge in [-0.1, -0.05) is 59.2 Å². The highest BCUT2D eigenvalue weighted by molar-refractivity contribution is 6.35. The first kappa shape index (κ1) is 18.1. The van der Waals surface area contributed by atoms with Crippen molar-refractivity contribution in [1.29, 1.82) is 0 Å². The minimum absolute atomic E-state index is 0.194. The standard InChI is InChI=1S/C21H17ClN4O2/c1-13-12-16(15-8-5-9-17(22)19(15)24-13)21(27)23-11-10-18-25-20(26-28-18)14-6-3-2-4-7-14/h2-9,12H,10-11H2,1H3,(H,23,27). The maximum Gasteiger partial charge on any atom is 0.252 e. The molecule has 0 saturated heterocycles. The van der Waals surface area contributed by atoms with Gasteiger partial charge in [-0.25, -0.2) is 0 Å². The third-order valence-electron chi connectivity index (χ3n) is 4.29. The second-order valence-electron chi connectivity index (χ2n) is 6.33. The van der Waals surface area contributed by atoms with Crippen LogP contribution in [0.25, 0.3) is 22.3 Å². The molecule has 6 nitrogen and oxygen atoms in total. The van der Waals surface area contributed by atoms with E-state index in [1.54, 1.807) is 12.1 Å². The van der Waals surface area contributed by atoms with Crippen molar-refractivity contribution in [3.63, 3.8) is 0 Å². The van der Waals surface area contributed by atoms with Crippen molar-refractivity contribution < 1.29 is 9.32 Å². The Morgan fingerprint density at radius 1 is 1.11 bits per heavy atom.